The summed E-state index contributed by atoms with van der Waals surface area (Å²) in [5.41, 5.74) is 1.40. The van der Waals surface area contributed by atoms with Gasteiger partial charge in [-0.3, -0.25) is 4.79 Å². The summed E-state index contributed by atoms with van der Waals surface area (Å²) in [7, 11) is 0. The van der Waals surface area contributed by atoms with Gasteiger partial charge in [0.15, 0.2) is 0 Å². The van der Waals surface area contributed by atoms with Crippen LogP contribution in [-0.4, -0.2) is 25.0 Å². The van der Waals surface area contributed by atoms with Crippen LogP contribution >= 0.6 is 0 Å². The predicted molar refractivity (Wildman–Crippen MR) is 94.2 cm³/mol. The Morgan fingerprint density at radius 3 is 2.74 bits per heavy atom. The lowest BCUT2D eigenvalue weighted by molar-refractivity contribution is -0.122. The van der Waals surface area contributed by atoms with Gasteiger partial charge in [0.25, 0.3) is 0 Å². The van der Waals surface area contributed by atoms with Crippen molar-refractivity contribution in [3.8, 4) is 0 Å². The summed E-state index contributed by atoms with van der Waals surface area (Å²) in [4.78, 5) is 12.3. The molecule has 0 bridgehead atoms. The molecule has 3 nitrogen and oxygen atoms in total. The first-order chi connectivity index (χ1) is 11.3. The molecule has 1 aliphatic carbocycles. The summed E-state index contributed by atoms with van der Waals surface area (Å²) in [5, 5.41) is 6.73. The highest BCUT2D eigenvalue weighted by atomic mass is 16.1. The number of amides is 1. The molecular formula is C20H30N2O. The first-order valence-electron chi connectivity index (χ1n) is 9.35. The van der Waals surface area contributed by atoms with Crippen LogP contribution in [0.5, 0.6) is 0 Å². The van der Waals surface area contributed by atoms with E-state index in [2.05, 4.69) is 41.0 Å². The van der Waals surface area contributed by atoms with Crippen LogP contribution in [0.25, 0.3) is 0 Å². The lowest BCUT2D eigenvalue weighted by Gasteiger charge is -2.32. The zero-order valence-electron chi connectivity index (χ0n) is 14.1. The third kappa shape index (κ3) is 5.07. The fourth-order valence-corrected chi connectivity index (χ4v) is 4.13. The molecule has 0 aromatic heterocycles. The fourth-order valence-electron chi connectivity index (χ4n) is 4.13. The molecule has 1 amide bonds. The second kappa shape index (κ2) is 8.49. The number of carbonyl (C=O) groups is 1. The predicted octanol–water partition coefficient (Wildman–Crippen LogP) is 3.29. The summed E-state index contributed by atoms with van der Waals surface area (Å²) in [6.45, 7) is 2.21. The van der Waals surface area contributed by atoms with E-state index in [1.54, 1.807) is 0 Å². The van der Waals surface area contributed by atoms with E-state index in [-0.39, 0.29) is 5.91 Å². The molecule has 1 heterocycles. The first-order valence-corrected chi connectivity index (χ1v) is 9.35. The van der Waals surface area contributed by atoms with E-state index in [0.29, 0.717) is 24.3 Å². The summed E-state index contributed by atoms with van der Waals surface area (Å²) < 4.78 is 0. The van der Waals surface area contributed by atoms with Gasteiger partial charge in [-0.2, -0.15) is 0 Å². The van der Waals surface area contributed by atoms with Crippen molar-refractivity contribution in [2.45, 2.75) is 57.4 Å². The molecule has 2 aliphatic rings. The van der Waals surface area contributed by atoms with Crippen LogP contribution in [0, 0.1) is 11.8 Å². The Labute approximate surface area is 140 Å². The molecule has 2 fully saturated rings. The molecule has 3 unspecified atom stereocenters. The van der Waals surface area contributed by atoms with Crippen molar-refractivity contribution in [3.05, 3.63) is 35.9 Å². The van der Waals surface area contributed by atoms with Gasteiger partial charge in [0.05, 0.1) is 0 Å². The minimum atomic E-state index is 0.266. The van der Waals surface area contributed by atoms with Gasteiger partial charge in [0.2, 0.25) is 5.91 Å². The standard InChI is InChI=1S/C20H30N2O/c23-20(11-10-17-12-13-21-15-17)22-19-9-5-4-8-18(19)14-16-6-2-1-3-7-16/h1-3,6-7,17-19,21H,4-5,8-15H2,(H,22,23). The topological polar surface area (TPSA) is 41.1 Å². The molecule has 126 valence electrons. The molecule has 1 aromatic carbocycles. The highest BCUT2D eigenvalue weighted by molar-refractivity contribution is 5.76. The summed E-state index contributed by atoms with van der Waals surface area (Å²) in [6, 6.07) is 11.1. The maximum Gasteiger partial charge on any atom is 0.220 e. The third-order valence-electron chi connectivity index (χ3n) is 5.54. The van der Waals surface area contributed by atoms with Crippen molar-refractivity contribution in [3.63, 3.8) is 0 Å². The zero-order chi connectivity index (χ0) is 15.9. The van der Waals surface area contributed by atoms with Crippen LogP contribution in [0.2, 0.25) is 0 Å². The van der Waals surface area contributed by atoms with E-state index >= 15 is 0 Å². The lowest BCUT2D eigenvalue weighted by atomic mass is 9.80. The average molecular weight is 314 g/mol. The van der Waals surface area contributed by atoms with E-state index in [1.165, 1.54) is 31.2 Å². The average Bonchev–Trinajstić information content (AvgIpc) is 3.09. The largest absolute Gasteiger partial charge is 0.353 e. The minimum Gasteiger partial charge on any atom is -0.353 e. The molecule has 0 radical (unpaired) electrons. The summed E-state index contributed by atoms with van der Waals surface area (Å²) >= 11 is 0. The molecule has 3 rings (SSSR count). The van der Waals surface area contributed by atoms with Crippen LogP contribution in [0.1, 0.15) is 50.5 Å². The van der Waals surface area contributed by atoms with Crippen molar-refractivity contribution >= 4 is 5.91 Å². The van der Waals surface area contributed by atoms with Crippen molar-refractivity contribution in [1.82, 2.24) is 10.6 Å². The van der Waals surface area contributed by atoms with Crippen molar-refractivity contribution < 1.29 is 4.79 Å². The molecular weight excluding hydrogens is 284 g/mol. The Morgan fingerprint density at radius 1 is 1.13 bits per heavy atom. The summed E-state index contributed by atoms with van der Waals surface area (Å²) in [6.07, 6.45) is 9.00. The van der Waals surface area contributed by atoms with Gasteiger partial charge in [-0.1, -0.05) is 43.2 Å². The van der Waals surface area contributed by atoms with Crippen LogP contribution in [0.3, 0.4) is 0 Å². The normalized spacial score (nSPS) is 27.7. The van der Waals surface area contributed by atoms with Gasteiger partial charge in [-0.25, -0.2) is 0 Å². The quantitative estimate of drug-likeness (QED) is 0.846. The van der Waals surface area contributed by atoms with Gasteiger partial charge in [0.1, 0.15) is 0 Å². The molecule has 1 saturated carbocycles. The Bertz CT molecular complexity index is 482. The van der Waals surface area contributed by atoms with Crippen LogP contribution < -0.4 is 10.6 Å². The molecule has 3 heteroatoms. The van der Waals surface area contributed by atoms with E-state index in [9.17, 15) is 4.79 Å². The maximum atomic E-state index is 12.3. The second-order valence-electron chi connectivity index (χ2n) is 7.31. The monoisotopic (exact) mass is 314 g/mol. The molecule has 1 saturated heterocycles. The molecule has 2 N–H and O–H groups in total. The van der Waals surface area contributed by atoms with Crippen LogP contribution in [0.4, 0.5) is 0 Å². The fraction of sp³-hybridized carbons (Fsp3) is 0.650. The number of nitrogens with one attached hydrogen (secondary N) is 2. The van der Waals surface area contributed by atoms with E-state index < -0.39 is 0 Å². The smallest absolute Gasteiger partial charge is 0.220 e. The Hall–Kier alpha value is -1.35. The van der Waals surface area contributed by atoms with E-state index in [0.717, 1.165) is 32.4 Å². The van der Waals surface area contributed by atoms with Crippen molar-refractivity contribution in [1.29, 1.82) is 0 Å². The van der Waals surface area contributed by atoms with Gasteiger partial charge in [0, 0.05) is 12.5 Å². The molecule has 23 heavy (non-hydrogen) atoms. The van der Waals surface area contributed by atoms with Crippen LogP contribution in [0.15, 0.2) is 30.3 Å². The number of carbonyl (C=O) groups excluding carboxylic acids is 1. The number of hydrogen-bond donors (Lipinski definition) is 2. The third-order valence-corrected chi connectivity index (χ3v) is 5.54. The van der Waals surface area contributed by atoms with E-state index in [1.807, 2.05) is 0 Å². The number of hydrogen-bond acceptors (Lipinski definition) is 2. The second-order valence-corrected chi connectivity index (χ2v) is 7.31. The van der Waals surface area contributed by atoms with Crippen molar-refractivity contribution in [2.24, 2.45) is 11.8 Å². The van der Waals surface area contributed by atoms with Gasteiger partial charge in [-0.15, -0.1) is 0 Å². The Balaban J connectivity index is 1.48. The highest BCUT2D eigenvalue weighted by Gasteiger charge is 2.26. The maximum absolute atomic E-state index is 12.3. The van der Waals surface area contributed by atoms with Gasteiger partial charge >= 0.3 is 0 Å². The molecule has 3 atom stereocenters. The zero-order valence-corrected chi connectivity index (χ0v) is 14.1. The van der Waals surface area contributed by atoms with E-state index in [4.69, 9.17) is 0 Å². The number of rotatable bonds is 6. The first kappa shape index (κ1) is 16.5. The molecule has 1 aromatic rings. The Morgan fingerprint density at radius 2 is 1.96 bits per heavy atom. The van der Waals surface area contributed by atoms with Crippen molar-refractivity contribution in [2.75, 3.05) is 13.1 Å². The van der Waals surface area contributed by atoms with Gasteiger partial charge in [-0.05, 0) is 62.6 Å². The van der Waals surface area contributed by atoms with Crippen LogP contribution in [-0.2, 0) is 11.2 Å². The van der Waals surface area contributed by atoms with Gasteiger partial charge < -0.3 is 10.6 Å². The summed E-state index contributed by atoms with van der Waals surface area (Å²) in [5.74, 6) is 1.57. The lowest BCUT2D eigenvalue weighted by Crippen LogP contribution is -2.43. The highest BCUT2D eigenvalue weighted by Crippen LogP contribution is 2.28. The Kier molecular flexibility index (Phi) is 6.09. The minimum absolute atomic E-state index is 0.266. The molecule has 0 spiro atoms. The molecule has 1 aliphatic heterocycles. The number of benzene rings is 1. The SMILES string of the molecule is O=C(CCC1CCNC1)NC1CCCCC1Cc1ccccc1.